The highest BCUT2D eigenvalue weighted by atomic mass is 16.5. The number of hydrogen-bond acceptors (Lipinski definition) is 4. The van der Waals surface area contributed by atoms with Crippen LogP contribution in [0.2, 0.25) is 0 Å². The van der Waals surface area contributed by atoms with Crippen LogP contribution >= 0.6 is 0 Å². The Kier molecular flexibility index (Phi) is 3.18. The first-order chi connectivity index (χ1) is 14.1. The Bertz CT molecular complexity index is 1120. The summed E-state index contributed by atoms with van der Waals surface area (Å²) in [6.07, 6.45) is 3.71. The predicted octanol–water partition coefficient (Wildman–Crippen LogP) is 3.98. The zero-order valence-corrected chi connectivity index (χ0v) is 18.0. The molecule has 2 bridgehead atoms. The average Bonchev–Trinajstić information content (AvgIpc) is 3.39. The Labute approximate surface area is 177 Å². The van der Waals surface area contributed by atoms with Crippen molar-refractivity contribution in [2.75, 3.05) is 6.61 Å². The summed E-state index contributed by atoms with van der Waals surface area (Å²) in [5.74, 6) is 1.20. The molecule has 2 aliphatic carbocycles. The quantitative estimate of drug-likeness (QED) is 0.761. The second kappa shape index (κ2) is 5.22. The van der Waals surface area contributed by atoms with Crippen LogP contribution in [0.25, 0.3) is 0 Å². The first-order valence-corrected chi connectivity index (χ1v) is 11.0. The minimum absolute atomic E-state index is 0.0280. The molecule has 5 unspecified atom stereocenters. The number of carboxylic acids is 1. The van der Waals surface area contributed by atoms with Gasteiger partial charge in [0.1, 0.15) is 23.7 Å². The number of carbonyl (C=O) groups is 1. The summed E-state index contributed by atoms with van der Waals surface area (Å²) in [6.45, 7) is 9.78. The standard InChI is InChI=1S/C26H28O4/c1-23-10-9-17(13-23)26(4)25(23,3)19-12-16(6-8-21(19)30-26)24(2)14-29-20-7-5-15(22(27)28)11-18(20)24/h5-8,11-12,17H,9-10,13-14H2,1-4H3,(H,27,28)/p-1. The average molecular weight is 403 g/mol. The van der Waals surface area contributed by atoms with Crippen LogP contribution in [0.4, 0.5) is 0 Å². The van der Waals surface area contributed by atoms with E-state index in [-0.39, 0.29) is 22.0 Å². The van der Waals surface area contributed by atoms with E-state index in [0.29, 0.717) is 12.5 Å². The van der Waals surface area contributed by atoms with E-state index >= 15 is 0 Å². The molecule has 2 heterocycles. The zero-order valence-electron chi connectivity index (χ0n) is 18.0. The van der Waals surface area contributed by atoms with Crippen molar-refractivity contribution in [3.63, 3.8) is 0 Å². The molecule has 5 atom stereocenters. The Morgan fingerprint density at radius 1 is 1.03 bits per heavy atom. The molecule has 0 spiro atoms. The van der Waals surface area contributed by atoms with Crippen molar-refractivity contribution in [1.29, 1.82) is 0 Å². The van der Waals surface area contributed by atoms with Crippen LogP contribution in [0.3, 0.4) is 0 Å². The minimum Gasteiger partial charge on any atom is -0.545 e. The second-order valence-electron chi connectivity index (χ2n) is 10.7. The molecule has 0 aromatic heterocycles. The second-order valence-corrected chi connectivity index (χ2v) is 10.7. The van der Waals surface area contributed by atoms with Gasteiger partial charge in [-0.3, -0.25) is 0 Å². The molecule has 156 valence electrons. The molecule has 6 rings (SSSR count). The SMILES string of the molecule is CC1(c2ccc3c(c2)C2(C)C4(C)CCC(C4)C2(C)O3)COc2ccc(C(=O)[O-])cc21. The highest BCUT2D eigenvalue weighted by Gasteiger charge is 2.73. The van der Waals surface area contributed by atoms with E-state index in [2.05, 4.69) is 45.9 Å². The molecule has 2 fully saturated rings. The number of rotatable bonds is 2. The summed E-state index contributed by atoms with van der Waals surface area (Å²) < 4.78 is 12.7. The molecule has 4 nitrogen and oxygen atoms in total. The predicted molar refractivity (Wildman–Crippen MR) is 111 cm³/mol. The molecule has 0 radical (unpaired) electrons. The van der Waals surface area contributed by atoms with Crippen LogP contribution in [0.1, 0.15) is 74.0 Å². The zero-order chi connectivity index (χ0) is 21.1. The lowest BCUT2D eigenvalue weighted by molar-refractivity contribution is -0.255. The van der Waals surface area contributed by atoms with E-state index in [4.69, 9.17) is 9.47 Å². The first-order valence-electron chi connectivity index (χ1n) is 11.0. The lowest BCUT2D eigenvalue weighted by atomic mass is 9.56. The van der Waals surface area contributed by atoms with E-state index in [1.54, 1.807) is 18.2 Å². The van der Waals surface area contributed by atoms with Gasteiger partial charge in [0, 0.05) is 16.5 Å². The molecule has 0 saturated heterocycles. The number of ether oxygens (including phenoxy) is 2. The maximum atomic E-state index is 11.4. The molecule has 0 N–H and O–H groups in total. The van der Waals surface area contributed by atoms with Crippen molar-refractivity contribution >= 4 is 5.97 Å². The fourth-order valence-electron chi connectivity index (χ4n) is 7.28. The number of hydrogen-bond donors (Lipinski definition) is 0. The molecule has 4 heteroatoms. The molecular formula is C26H27O4-. The lowest BCUT2D eigenvalue weighted by Crippen LogP contribution is -2.54. The monoisotopic (exact) mass is 403 g/mol. The Balaban J connectivity index is 1.51. The summed E-state index contributed by atoms with van der Waals surface area (Å²) in [6, 6.07) is 11.6. The maximum absolute atomic E-state index is 11.4. The van der Waals surface area contributed by atoms with E-state index in [1.807, 2.05) is 0 Å². The Morgan fingerprint density at radius 3 is 2.57 bits per heavy atom. The first kappa shape index (κ1) is 18.3. The van der Waals surface area contributed by atoms with Crippen LogP contribution in [0, 0.1) is 11.3 Å². The summed E-state index contributed by atoms with van der Waals surface area (Å²) in [5.41, 5.74) is 3.19. The van der Waals surface area contributed by atoms with Crippen LogP contribution in [0.5, 0.6) is 11.5 Å². The molecule has 2 aliphatic heterocycles. The normalized spacial score (nSPS) is 39.8. The molecule has 2 aromatic rings. The summed E-state index contributed by atoms with van der Waals surface area (Å²) in [4.78, 5) is 11.4. The highest BCUT2D eigenvalue weighted by Crippen LogP contribution is 2.73. The summed E-state index contributed by atoms with van der Waals surface area (Å²) >= 11 is 0. The van der Waals surface area contributed by atoms with E-state index < -0.39 is 11.4 Å². The van der Waals surface area contributed by atoms with Crippen LogP contribution < -0.4 is 14.6 Å². The fourth-order valence-corrected chi connectivity index (χ4v) is 7.28. The van der Waals surface area contributed by atoms with Crippen molar-refractivity contribution in [1.82, 2.24) is 0 Å². The Morgan fingerprint density at radius 2 is 1.80 bits per heavy atom. The van der Waals surface area contributed by atoms with Gasteiger partial charge in [0.2, 0.25) is 0 Å². The van der Waals surface area contributed by atoms with Crippen molar-refractivity contribution in [3.05, 3.63) is 58.7 Å². The van der Waals surface area contributed by atoms with Gasteiger partial charge in [-0.25, -0.2) is 0 Å². The van der Waals surface area contributed by atoms with Gasteiger partial charge in [0.15, 0.2) is 0 Å². The number of carbonyl (C=O) groups excluding carboxylic acids is 1. The third-order valence-corrected chi connectivity index (χ3v) is 9.52. The molecule has 2 aromatic carbocycles. The van der Waals surface area contributed by atoms with Crippen LogP contribution in [-0.4, -0.2) is 18.2 Å². The number of fused-ring (bicyclic) bond motifs is 8. The van der Waals surface area contributed by atoms with Crippen molar-refractivity contribution < 1.29 is 19.4 Å². The number of aromatic carboxylic acids is 1. The van der Waals surface area contributed by atoms with Gasteiger partial charge in [-0.05, 0) is 79.8 Å². The van der Waals surface area contributed by atoms with Crippen molar-refractivity contribution in [3.8, 4) is 11.5 Å². The van der Waals surface area contributed by atoms with E-state index in [1.165, 1.54) is 24.8 Å². The van der Waals surface area contributed by atoms with Crippen molar-refractivity contribution in [2.24, 2.45) is 11.3 Å². The molecular weight excluding hydrogens is 376 g/mol. The van der Waals surface area contributed by atoms with Gasteiger partial charge in [0.05, 0.1) is 11.4 Å². The minimum atomic E-state index is -1.16. The van der Waals surface area contributed by atoms with E-state index in [0.717, 1.165) is 22.6 Å². The van der Waals surface area contributed by atoms with Gasteiger partial charge in [-0.1, -0.05) is 26.0 Å². The molecule has 30 heavy (non-hydrogen) atoms. The van der Waals surface area contributed by atoms with Crippen LogP contribution in [-0.2, 0) is 10.8 Å². The van der Waals surface area contributed by atoms with Gasteiger partial charge < -0.3 is 19.4 Å². The van der Waals surface area contributed by atoms with Crippen LogP contribution in [0.15, 0.2) is 36.4 Å². The lowest BCUT2D eigenvalue weighted by Gasteiger charge is -2.48. The molecule has 4 aliphatic rings. The number of carboxylic acid groups (broad SMARTS) is 1. The highest BCUT2D eigenvalue weighted by molar-refractivity contribution is 5.86. The summed E-state index contributed by atoms with van der Waals surface area (Å²) in [7, 11) is 0. The fraction of sp³-hybridized carbons (Fsp3) is 0.500. The maximum Gasteiger partial charge on any atom is 0.124 e. The largest absolute Gasteiger partial charge is 0.545 e. The van der Waals surface area contributed by atoms with Gasteiger partial charge in [0.25, 0.3) is 0 Å². The topological polar surface area (TPSA) is 58.6 Å². The van der Waals surface area contributed by atoms with Gasteiger partial charge in [-0.2, -0.15) is 0 Å². The summed E-state index contributed by atoms with van der Waals surface area (Å²) in [5, 5.41) is 11.4. The van der Waals surface area contributed by atoms with Crippen molar-refractivity contribution in [2.45, 2.75) is 63.4 Å². The van der Waals surface area contributed by atoms with Gasteiger partial charge >= 0.3 is 0 Å². The smallest absolute Gasteiger partial charge is 0.124 e. The third-order valence-electron chi connectivity index (χ3n) is 9.52. The molecule has 0 amide bonds. The third kappa shape index (κ3) is 1.83. The number of benzene rings is 2. The Hall–Kier alpha value is -2.49. The molecule has 2 saturated carbocycles. The van der Waals surface area contributed by atoms with Gasteiger partial charge in [-0.15, -0.1) is 0 Å². The van der Waals surface area contributed by atoms with E-state index in [9.17, 15) is 9.90 Å².